The van der Waals surface area contributed by atoms with Crippen molar-refractivity contribution in [3.63, 3.8) is 0 Å². The summed E-state index contributed by atoms with van der Waals surface area (Å²) < 4.78 is 95.7. The summed E-state index contributed by atoms with van der Waals surface area (Å²) in [4.78, 5) is -1.36. The largest absolute Gasteiger partial charge is 0.501 e. The second-order valence-electron chi connectivity index (χ2n) is 6.33. The van der Waals surface area contributed by atoms with Crippen LogP contribution in [-0.4, -0.2) is 44.1 Å². The summed E-state index contributed by atoms with van der Waals surface area (Å²) in [6.07, 6.45) is -2.75. The normalized spacial score (nSPS) is 25.8. The summed E-state index contributed by atoms with van der Waals surface area (Å²) in [5.41, 5.74) is -7.01. The van der Waals surface area contributed by atoms with Crippen LogP contribution in [0.5, 0.6) is 5.75 Å². The van der Waals surface area contributed by atoms with Gasteiger partial charge in [0, 0.05) is 24.1 Å². The number of ether oxygens (including phenoxy) is 1. The number of aliphatic hydroxyl groups excluding tert-OH is 1. The van der Waals surface area contributed by atoms with Crippen molar-refractivity contribution in [3.8, 4) is 5.75 Å². The van der Waals surface area contributed by atoms with Gasteiger partial charge in [-0.1, -0.05) is 0 Å². The summed E-state index contributed by atoms with van der Waals surface area (Å²) in [5.74, 6) is -3.92. The summed E-state index contributed by atoms with van der Waals surface area (Å²) in [6, 6.07) is 1.51. The van der Waals surface area contributed by atoms with Gasteiger partial charge in [0.2, 0.25) is 0 Å². The van der Waals surface area contributed by atoms with E-state index in [2.05, 4.69) is 5.32 Å². The molecule has 1 saturated heterocycles. The van der Waals surface area contributed by atoms with Crippen LogP contribution in [0, 0.1) is 0 Å². The molecule has 1 heterocycles. The Hall–Kier alpha value is -1.46. The molecule has 5 nitrogen and oxygen atoms in total. The first kappa shape index (κ1) is 19.3. The number of sulfone groups is 1. The molecular weight excluding hydrogens is 385 g/mol. The maximum absolute atomic E-state index is 14.0. The number of rotatable bonds is 3. The van der Waals surface area contributed by atoms with E-state index in [9.17, 15) is 35.5 Å². The third-order valence-corrected chi connectivity index (χ3v) is 6.04. The van der Waals surface area contributed by atoms with E-state index in [-0.39, 0.29) is 11.9 Å². The van der Waals surface area contributed by atoms with Gasteiger partial charge in [0.05, 0.1) is 4.90 Å². The minimum atomic E-state index is -5.90. The minimum absolute atomic E-state index is 0.133. The molecule has 0 bridgehead atoms. The van der Waals surface area contributed by atoms with E-state index < -0.39 is 49.8 Å². The first-order chi connectivity index (χ1) is 11.9. The topological polar surface area (TPSA) is 75.6 Å². The van der Waals surface area contributed by atoms with E-state index in [1.165, 1.54) is 0 Å². The highest BCUT2D eigenvalue weighted by Gasteiger charge is 2.55. The Bertz CT molecular complexity index is 803. The van der Waals surface area contributed by atoms with Gasteiger partial charge in [0.15, 0.2) is 0 Å². The van der Waals surface area contributed by atoms with E-state index in [0.29, 0.717) is 19.0 Å². The molecule has 1 unspecified atom stereocenters. The van der Waals surface area contributed by atoms with Crippen LogP contribution in [0.25, 0.3) is 0 Å². The highest BCUT2D eigenvalue weighted by Crippen LogP contribution is 2.50. The predicted molar refractivity (Wildman–Crippen MR) is 79.8 cm³/mol. The molecule has 2 aliphatic rings. The standard InChI is InChI=1S/C15H16F5NO4S/c16-14(17)6-9-10(25-8-2-1-5-21-7-8)3-4-11(12(9)13(14)22)26(23,24)15(18,19)20/h3-4,8,13,21-22H,1-2,5-7H2/t8?,13-/m0/s1. The molecule has 1 aliphatic carbocycles. The first-order valence-corrected chi connectivity index (χ1v) is 9.34. The number of halogens is 5. The molecule has 26 heavy (non-hydrogen) atoms. The Morgan fingerprint density at radius 2 is 1.96 bits per heavy atom. The minimum Gasteiger partial charge on any atom is -0.489 e. The molecule has 1 aromatic carbocycles. The molecule has 11 heteroatoms. The number of hydrogen-bond acceptors (Lipinski definition) is 5. The fraction of sp³-hybridized carbons (Fsp3) is 0.600. The van der Waals surface area contributed by atoms with Crippen LogP contribution in [0.3, 0.4) is 0 Å². The van der Waals surface area contributed by atoms with E-state index >= 15 is 0 Å². The second kappa shape index (κ2) is 6.31. The number of nitrogens with one attached hydrogen (secondary N) is 1. The monoisotopic (exact) mass is 401 g/mol. The van der Waals surface area contributed by atoms with Crippen molar-refractivity contribution >= 4 is 9.84 Å². The Balaban J connectivity index is 2.09. The van der Waals surface area contributed by atoms with Crippen molar-refractivity contribution in [2.75, 3.05) is 13.1 Å². The lowest BCUT2D eigenvalue weighted by atomic mass is 10.1. The summed E-state index contributed by atoms with van der Waals surface area (Å²) in [5, 5.41) is 12.8. The van der Waals surface area contributed by atoms with Gasteiger partial charge in [-0.3, -0.25) is 0 Å². The van der Waals surface area contributed by atoms with Crippen molar-refractivity contribution in [2.24, 2.45) is 0 Å². The number of alkyl halides is 5. The fourth-order valence-corrected chi connectivity index (χ4v) is 4.24. The van der Waals surface area contributed by atoms with Crippen LogP contribution in [-0.2, 0) is 16.3 Å². The Labute approximate surface area is 146 Å². The zero-order valence-corrected chi connectivity index (χ0v) is 14.1. The van der Waals surface area contributed by atoms with Crippen LogP contribution < -0.4 is 10.1 Å². The zero-order valence-electron chi connectivity index (χ0n) is 13.3. The van der Waals surface area contributed by atoms with E-state index in [1.54, 1.807) is 0 Å². The molecule has 0 spiro atoms. The van der Waals surface area contributed by atoms with Crippen molar-refractivity contribution in [2.45, 2.75) is 47.8 Å². The van der Waals surface area contributed by atoms with Gasteiger partial charge in [0.25, 0.3) is 15.8 Å². The van der Waals surface area contributed by atoms with Gasteiger partial charge in [-0.25, -0.2) is 17.2 Å². The first-order valence-electron chi connectivity index (χ1n) is 7.85. The highest BCUT2D eigenvalue weighted by molar-refractivity contribution is 7.92. The molecule has 1 aromatic rings. The lowest BCUT2D eigenvalue weighted by Gasteiger charge is -2.25. The molecule has 0 saturated carbocycles. The van der Waals surface area contributed by atoms with Crippen LogP contribution in [0.4, 0.5) is 22.0 Å². The zero-order chi connectivity index (χ0) is 19.3. The summed E-state index contributed by atoms with van der Waals surface area (Å²) >= 11 is 0. The number of fused-ring (bicyclic) bond motifs is 1. The van der Waals surface area contributed by atoms with Crippen LogP contribution in [0.1, 0.15) is 30.1 Å². The Morgan fingerprint density at radius 1 is 1.27 bits per heavy atom. The molecule has 2 atom stereocenters. The third-order valence-electron chi connectivity index (χ3n) is 4.50. The van der Waals surface area contributed by atoms with E-state index in [4.69, 9.17) is 4.74 Å². The number of aliphatic hydroxyl groups is 1. The van der Waals surface area contributed by atoms with Gasteiger partial charge >= 0.3 is 5.51 Å². The highest BCUT2D eigenvalue weighted by atomic mass is 32.2. The molecule has 3 rings (SSSR count). The summed E-state index contributed by atoms with van der Waals surface area (Å²) in [6.45, 7) is 1.19. The Kier molecular flexibility index (Phi) is 4.68. The van der Waals surface area contributed by atoms with Crippen LogP contribution in [0.15, 0.2) is 17.0 Å². The van der Waals surface area contributed by atoms with Crippen molar-refractivity contribution in [1.29, 1.82) is 0 Å². The van der Waals surface area contributed by atoms with E-state index in [1.807, 2.05) is 0 Å². The van der Waals surface area contributed by atoms with Gasteiger partial charge < -0.3 is 15.2 Å². The van der Waals surface area contributed by atoms with Gasteiger partial charge in [-0.15, -0.1) is 0 Å². The number of benzene rings is 1. The maximum Gasteiger partial charge on any atom is 0.501 e. The van der Waals surface area contributed by atoms with Crippen molar-refractivity contribution in [3.05, 3.63) is 23.3 Å². The van der Waals surface area contributed by atoms with Crippen LogP contribution in [0.2, 0.25) is 0 Å². The second-order valence-corrected chi connectivity index (χ2v) is 8.24. The molecule has 1 fully saturated rings. The molecule has 0 radical (unpaired) electrons. The van der Waals surface area contributed by atoms with E-state index in [0.717, 1.165) is 19.0 Å². The average molecular weight is 401 g/mol. The lowest BCUT2D eigenvalue weighted by Crippen LogP contribution is -2.37. The SMILES string of the molecule is O=S(=O)(c1ccc(OC2CCCNC2)c2c1[C@H](O)C(F)(F)C2)C(F)(F)F. The van der Waals surface area contributed by atoms with Crippen molar-refractivity contribution in [1.82, 2.24) is 5.32 Å². The lowest BCUT2D eigenvalue weighted by molar-refractivity contribution is -0.0978. The molecule has 1 aliphatic heterocycles. The maximum atomic E-state index is 14.0. The predicted octanol–water partition coefficient (Wildman–Crippen LogP) is 2.34. The third kappa shape index (κ3) is 3.16. The number of hydrogen-bond donors (Lipinski definition) is 2. The fourth-order valence-electron chi connectivity index (χ4n) is 3.22. The average Bonchev–Trinajstić information content (AvgIpc) is 2.78. The molecular formula is C15H16F5NO4S. The number of piperidine rings is 1. The smallest absolute Gasteiger partial charge is 0.489 e. The Morgan fingerprint density at radius 3 is 2.54 bits per heavy atom. The molecule has 2 N–H and O–H groups in total. The van der Waals surface area contributed by atoms with Gasteiger partial charge in [-0.05, 0) is 31.5 Å². The van der Waals surface area contributed by atoms with Crippen LogP contribution >= 0.6 is 0 Å². The summed E-state index contributed by atoms with van der Waals surface area (Å²) in [7, 11) is -5.90. The molecule has 146 valence electrons. The molecule has 0 amide bonds. The van der Waals surface area contributed by atoms with Gasteiger partial charge in [-0.2, -0.15) is 13.2 Å². The quantitative estimate of drug-likeness (QED) is 0.761. The van der Waals surface area contributed by atoms with Crippen molar-refractivity contribution < 1.29 is 40.2 Å². The van der Waals surface area contributed by atoms with Gasteiger partial charge in [0.1, 0.15) is 18.0 Å². The molecule has 0 aromatic heterocycles.